The summed E-state index contributed by atoms with van der Waals surface area (Å²) in [5.41, 5.74) is 1.18. The Morgan fingerprint density at radius 3 is 2.24 bits per heavy atom. The third kappa shape index (κ3) is 3.71. The summed E-state index contributed by atoms with van der Waals surface area (Å²) in [5, 5.41) is 11.8. The molecule has 1 saturated heterocycles. The Morgan fingerprint density at radius 2 is 1.59 bits per heavy atom. The Bertz CT molecular complexity index is 854. The molecule has 0 unspecified atom stereocenters. The summed E-state index contributed by atoms with van der Waals surface area (Å²) < 4.78 is 0. The number of urea groups is 1. The van der Waals surface area contributed by atoms with E-state index in [0.717, 1.165) is 32.1 Å². The first kappa shape index (κ1) is 19.4. The quantitative estimate of drug-likeness (QED) is 0.760. The number of carbonyl (C=O) groups excluding carboxylic acids is 3. The molecule has 0 radical (unpaired) electrons. The molecule has 3 aliphatic rings. The standard InChI is InChI=1S/C21H25N3O5/c25-18-16-7-6-14(22-21(29)23-10-8-13(9-11-23)20(27)28)12-17(16)19(26)24(18)15-4-2-1-3-5-15/h6-7,12-13,15H,1-5,8-11H2,(H,22,29)(H,27,28). The number of amides is 4. The van der Waals surface area contributed by atoms with Crippen molar-refractivity contribution in [1.82, 2.24) is 9.80 Å². The lowest BCUT2D eigenvalue weighted by molar-refractivity contribution is -0.143. The molecule has 2 heterocycles. The molecule has 0 aromatic heterocycles. The topological polar surface area (TPSA) is 107 Å². The van der Waals surface area contributed by atoms with Crippen molar-refractivity contribution in [3.63, 3.8) is 0 Å². The Balaban J connectivity index is 1.44. The molecule has 1 aromatic rings. The van der Waals surface area contributed by atoms with Crippen molar-refractivity contribution < 1.29 is 24.3 Å². The van der Waals surface area contributed by atoms with Crippen molar-refractivity contribution >= 4 is 29.5 Å². The van der Waals surface area contributed by atoms with Gasteiger partial charge in [0.05, 0.1) is 17.0 Å². The van der Waals surface area contributed by atoms with Crippen molar-refractivity contribution in [2.75, 3.05) is 18.4 Å². The lowest BCUT2D eigenvalue weighted by atomic mass is 9.94. The highest BCUT2D eigenvalue weighted by Gasteiger charge is 2.40. The highest BCUT2D eigenvalue weighted by Crippen LogP contribution is 2.32. The van der Waals surface area contributed by atoms with Crippen LogP contribution in [0.4, 0.5) is 10.5 Å². The predicted molar refractivity (Wildman–Crippen MR) is 105 cm³/mol. The molecule has 2 fully saturated rings. The number of imide groups is 1. The summed E-state index contributed by atoms with van der Waals surface area (Å²) in [5.74, 6) is -1.76. The number of benzene rings is 1. The third-order valence-electron chi connectivity index (χ3n) is 6.24. The summed E-state index contributed by atoms with van der Waals surface area (Å²) in [6, 6.07) is 4.45. The fourth-order valence-electron chi connectivity index (χ4n) is 4.54. The Labute approximate surface area is 168 Å². The number of rotatable bonds is 3. The van der Waals surface area contributed by atoms with E-state index in [0.29, 0.717) is 42.7 Å². The van der Waals surface area contributed by atoms with Crippen LogP contribution in [0.25, 0.3) is 0 Å². The maximum absolute atomic E-state index is 12.9. The Morgan fingerprint density at radius 1 is 0.931 bits per heavy atom. The highest BCUT2D eigenvalue weighted by molar-refractivity contribution is 6.22. The maximum atomic E-state index is 12.9. The van der Waals surface area contributed by atoms with Crippen molar-refractivity contribution in [3.05, 3.63) is 29.3 Å². The van der Waals surface area contributed by atoms with Crippen LogP contribution in [0.1, 0.15) is 65.7 Å². The number of hydrogen-bond acceptors (Lipinski definition) is 4. The van der Waals surface area contributed by atoms with Crippen LogP contribution in [-0.2, 0) is 4.79 Å². The number of aliphatic carboxylic acids is 1. The molecule has 1 aliphatic carbocycles. The number of carboxylic acids is 1. The maximum Gasteiger partial charge on any atom is 0.321 e. The van der Waals surface area contributed by atoms with Crippen molar-refractivity contribution in [2.24, 2.45) is 5.92 Å². The van der Waals surface area contributed by atoms with Gasteiger partial charge < -0.3 is 15.3 Å². The van der Waals surface area contributed by atoms with E-state index < -0.39 is 11.9 Å². The highest BCUT2D eigenvalue weighted by atomic mass is 16.4. The Hall–Kier alpha value is -2.90. The number of carbonyl (C=O) groups is 4. The average molecular weight is 399 g/mol. The van der Waals surface area contributed by atoms with E-state index >= 15 is 0 Å². The first-order valence-electron chi connectivity index (χ1n) is 10.3. The minimum absolute atomic E-state index is 0.0373. The van der Waals surface area contributed by atoms with Gasteiger partial charge in [-0.2, -0.15) is 0 Å². The minimum Gasteiger partial charge on any atom is -0.481 e. The smallest absolute Gasteiger partial charge is 0.321 e. The number of nitrogens with zero attached hydrogens (tertiary/aromatic N) is 2. The largest absolute Gasteiger partial charge is 0.481 e. The number of fused-ring (bicyclic) bond motifs is 1. The van der Waals surface area contributed by atoms with Crippen LogP contribution in [0.5, 0.6) is 0 Å². The van der Waals surface area contributed by atoms with Crippen molar-refractivity contribution in [1.29, 1.82) is 0 Å². The molecule has 1 aromatic carbocycles. The van der Waals surface area contributed by atoms with Crippen molar-refractivity contribution in [3.8, 4) is 0 Å². The molecule has 0 spiro atoms. The van der Waals surface area contributed by atoms with E-state index in [2.05, 4.69) is 5.32 Å². The normalized spacial score (nSPS) is 20.7. The molecule has 8 heteroatoms. The van der Waals surface area contributed by atoms with E-state index in [9.17, 15) is 19.2 Å². The summed E-state index contributed by atoms with van der Waals surface area (Å²) >= 11 is 0. The van der Waals surface area contributed by atoms with Gasteiger partial charge in [0.2, 0.25) is 0 Å². The van der Waals surface area contributed by atoms with E-state index in [4.69, 9.17) is 5.11 Å². The van der Waals surface area contributed by atoms with Gasteiger partial charge in [0, 0.05) is 24.8 Å². The van der Waals surface area contributed by atoms with Gasteiger partial charge in [-0.15, -0.1) is 0 Å². The first-order valence-corrected chi connectivity index (χ1v) is 10.3. The zero-order valence-corrected chi connectivity index (χ0v) is 16.2. The summed E-state index contributed by atoms with van der Waals surface area (Å²) in [6.07, 6.45) is 5.74. The Kier molecular flexibility index (Phi) is 5.25. The number of hydrogen-bond donors (Lipinski definition) is 2. The SMILES string of the molecule is O=C(O)C1CCN(C(=O)Nc2ccc3c(c2)C(=O)N(C2CCCCC2)C3=O)CC1. The minimum atomic E-state index is -0.825. The van der Waals surface area contributed by atoms with Crippen LogP contribution >= 0.6 is 0 Å². The second kappa shape index (κ2) is 7.85. The molecule has 4 rings (SSSR count). The van der Waals surface area contributed by atoms with Crippen LogP contribution < -0.4 is 5.32 Å². The van der Waals surface area contributed by atoms with Gasteiger partial charge in [-0.25, -0.2) is 4.79 Å². The summed E-state index contributed by atoms with van der Waals surface area (Å²) in [4.78, 5) is 52.1. The fourth-order valence-corrected chi connectivity index (χ4v) is 4.54. The molecule has 2 N–H and O–H groups in total. The molecular weight excluding hydrogens is 374 g/mol. The molecule has 1 saturated carbocycles. The van der Waals surface area contributed by atoms with E-state index in [-0.39, 0.29) is 23.9 Å². The molecule has 4 amide bonds. The molecule has 154 valence electrons. The third-order valence-corrected chi connectivity index (χ3v) is 6.24. The van der Waals surface area contributed by atoms with Gasteiger partial charge in [-0.1, -0.05) is 19.3 Å². The molecule has 0 bridgehead atoms. The van der Waals surface area contributed by atoms with Crippen LogP contribution in [0.15, 0.2) is 18.2 Å². The molecule has 0 atom stereocenters. The fraction of sp³-hybridized carbons (Fsp3) is 0.524. The summed E-state index contributed by atoms with van der Waals surface area (Å²) in [7, 11) is 0. The van der Waals surface area contributed by atoms with Gasteiger partial charge in [0.1, 0.15) is 0 Å². The van der Waals surface area contributed by atoms with Gasteiger partial charge in [0.15, 0.2) is 0 Å². The first-order chi connectivity index (χ1) is 14.0. The van der Waals surface area contributed by atoms with Crippen molar-refractivity contribution in [2.45, 2.75) is 51.0 Å². The lowest BCUT2D eigenvalue weighted by Gasteiger charge is -2.30. The van der Waals surface area contributed by atoms with Gasteiger partial charge in [0.25, 0.3) is 11.8 Å². The van der Waals surface area contributed by atoms with E-state index in [1.807, 2.05) is 0 Å². The number of anilines is 1. The van der Waals surface area contributed by atoms with Crippen LogP contribution in [0, 0.1) is 5.92 Å². The number of carboxylic acid groups (broad SMARTS) is 1. The second-order valence-electron chi connectivity index (χ2n) is 8.06. The second-order valence-corrected chi connectivity index (χ2v) is 8.06. The van der Waals surface area contributed by atoms with E-state index in [1.54, 1.807) is 23.1 Å². The van der Waals surface area contributed by atoms with E-state index in [1.165, 1.54) is 4.90 Å². The number of piperidine rings is 1. The molecule has 29 heavy (non-hydrogen) atoms. The van der Waals surface area contributed by atoms with Crippen LogP contribution in [0.3, 0.4) is 0 Å². The lowest BCUT2D eigenvalue weighted by Crippen LogP contribution is -2.42. The molecular formula is C21H25N3O5. The van der Waals surface area contributed by atoms with Gasteiger partial charge in [-0.3, -0.25) is 19.3 Å². The monoisotopic (exact) mass is 399 g/mol. The summed E-state index contributed by atoms with van der Waals surface area (Å²) in [6.45, 7) is 0.751. The molecule has 2 aliphatic heterocycles. The van der Waals surface area contributed by atoms with Crippen LogP contribution in [0.2, 0.25) is 0 Å². The van der Waals surface area contributed by atoms with Gasteiger partial charge in [-0.05, 0) is 43.9 Å². The average Bonchev–Trinajstić information content (AvgIpc) is 2.98. The van der Waals surface area contributed by atoms with Gasteiger partial charge >= 0.3 is 12.0 Å². The zero-order valence-electron chi connectivity index (χ0n) is 16.2. The number of nitrogens with one attached hydrogen (secondary N) is 1. The van der Waals surface area contributed by atoms with Crippen LogP contribution in [-0.4, -0.2) is 57.9 Å². The zero-order chi connectivity index (χ0) is 20.5. The predicted octanol–water partition coefficient (Wildman–Crippen LogP) is 2.94. The number of likely N-dealkylation sites (tertiary alicyclic amines) is 1. The molecule has 8 nitrogen and oxygen atoms in total.